The van der Waals surface area contributed by atoms with Crippen molar-refractivity contribution in [2.75, 3.05) is 25.0 Å². The molecule has 15 heavy (non-hydrogen) atoms. The summed E-state index contributed by atoms with van der Waals surface area (Å²) in [4.78, 5) is 0. The van der Waals surface area contributed by atoms with E-state index < -0.39 is 0 Å². The molecule has 0 amide bonds. The molecule has 0 aliphatic carbocycles. The third-order valence-corrected chi connectivity index (χ3v) is 2.77. The van der Waals surface area contributed by atoms with E-state index >= 15 is 0 Å². The van der Waals surface area contributed by atoms with E-state index in [1.165, 1.54) is 6.42 Å². The van der Waals surface area contributed by atoms with Crippen LogP contribution in [0.4, 0.5) is 5.69 Å². The van der Waals surface area contributed by atoms with Crippen LogP contribution in [0.3, 0.4) is 0 Å². The maximum Gasteiger partial charge on any atom is 0.0991 e. The average molecular weight is 201 g/mol. The molecule has 1 fully saturated rings. The minimum absolute atomic E-state index is 0.711. The first-order valence-corrected chi connectivity index (χ1v) is 5.33. The molecular formula is C12H15N3. The van der Waals surface area contributed by atoms with Crippen LogP contribution in [0.25, 0.3) is 0 Å². The van der Waals surface area contributed by atoms with Gasteiger partial charge < -0.3 is 10.6 Å². The van der Waals surface area contributed by atoms with Gasteiger partial charge in [-0.15, -0.1) is 0 Å². The van der Waals surface area contributed by atoms with Crippen LogP contribution in [0, 0.1) is 17.2 Å². The largest absolute Gasteiger partial charge is 0.385 e. The maximum absolute atomic E-state index is 8.65. The van der Waals surface area contributed by atoms with E-state index in [1.54, 1.807) is 0 Å². The Morgan fingerprint density at radius 2 is 2.20 bits per heavy atom. The van der Waals surface area contributed by atoms with Crippen LogP contribution in [-0.2, 0) is 0 Å². The predicted octanol–water partition coefficient (Wildman–Crippen LogP) is 1.58. The first kappa shape index (κ1) is 10.0. The van der Waals surface area contributed by atoms with Crippen molar-refractivity contribution in [1.82, 2.24) is 5.32 Å². The molecule has 1 saturated heterocycles. The van der Waals surface area contributed by atoms with Gasteiger partial charge >= 0.3 is 0 Å². The van der Waals surface area contributed by atoms with Gasteiger partial charge in [0.15, 0.2) is 0 Å². The third-order valence-electron chi connectivity index (χ3n) is 2.77. The Morgan fingerprint density at radius 3 is 2.80 bits per heavy atom. The molecule has 0 bridgehead atoms. The lowest BCUT2D eigenvalue weighted by Gasteiger charge is -2.10. The molecule has 1 aromatic rings. The lowest BCUT2D eigenvalue weighted by atomic mass is 10.1. The Labute approximate surface area is 90.1 Å². The van der Waals surface area contributed by atoms with E-state index in [-0.39, 0.29) is 0 Å². The van der Waals surface area contributed by atoms with Crippen LogP contribution in [0.15, 0.2) is 24.3 Å². The Morgan fingerprint density at radius 1 is 1.40 bits per heavy atom. The standard InChI is InChI=1S/C12H15N3/c13-7-10-1-3-12(4-2-10)15-9-11-5-6-14-8-11/h1-4,11,14-15H,5-6,8-9H2. The van der Waals surface area contributed by atoms with Crippen LogP contribution in [0.1, 0.15) is 12.0 Å². The molecule has 2 rings (SSSR count). The second kappa shape index (κ2) is 4.81. The van der Waals surface area contributed by atoms with Crippen LogP contribution >= 0.6 is 0 Å². The second-order valence-corrected chi connectivity index (χ2v) is 3.93. The quantitative estimate of drug-likeness (QED) is 0.780. The highest BCUT2D eigenvalue weighted by Gasteiger charge is 2.13. The van der Waals surface area contributed by atoms with E-state index in [9.17, 15) is 0 Å². The fraction of sp³-hybridized carbons (Fsp3) is 0.417. The van der Waals surface area contributed by atoms with Gasteiger partial charge in [0.2, 0.25) is 0 Å². The number of hydrogen-bond donors (Lipinski definition) is 2. The van der Waals surface area contributed by atoms with Crippen molar-refractivity contribution in [3.05, 3.63) is 29.8 Å². The molecule has 1 aliphatic rings. The van der Waals surface area contributed by atoms with E-state index in [0.717, 1.165) is 31.2 Å². The van der Waals surface area contributed by atoms with Gasteiger partial charge in [0.25, 0.3) is 0 Å². The van der Waals surface area contributed by atoms with E-state index in [2.05, 4.69) is 16.7 Å². The van der Waals surface area contributed by atoms with Gasteiger partial charge in [-0.1, -0.05) is 0 Å². The fourth-order valence-electron chi connectivity index (χ4n) is 1.81. The second-order valence-electron chi connectivity index (χ2n) is 3.93. The van der Waals surface area contributed by atoms with Crippen LogP contribution in [-0.4, -0.2) is 19.6 Å². The highest BCUT2D eigenvalue weighted by Crippen LogP contribution is 2.12. The molecule has 3 heteroatoms. The van der Waals surface area contributed by atoms with Crippen molar-refractivity contribution in [3.63, 3.8) is 0 Å². The third kappa shape index (κ3) is 2.71. The SMILES string of the molecule is N#Cc1ccc(NCC2CCNC2)cc1. The van der Waals surface area contributed by atoms with Gasteiger partial charge in [-0.05, 0) is 49.7 Å². The van der Waals surface area contributed by atoms with Gasteiger partial charge in [-0.25, -0.2) is 0 Å². The van der Waals surface area contributed by atoms with Gasteiger partial charge in [0, 0.05) is 12.2 Å². The zero-order chi connectivity index (χ0) is 10.5. The van der Waals surface area contributed by atoms with Gasteiger partial charge in [0.05, 0.1) is 11.6 Å². The number of nitriles is 1. The molecule has 0 radical (unpaired) electrons. The molecule has 0 spiro atoms. The van der Waals surface area contributed by atoms with Crippen LogP contribution in [0.5, 0.6) is 0 Å². The molecule has 1 aromatic carbocycles. The normalized spacial score (nSPS) is 19.8. The predicted molar refractivity (Wildman–Crippen MR) is 60.6 cm³/mol. The Bertz CT molecular complexity index is 344. The van der Waals surface area contributed by atoms with E-state index in [1.807, 2.05) is 24.3 Å². The number of benzene rings is 1. The zero-order valence-electron chi connectivity index (χ0n) is 8.66. The summed E-state index contributed by atoms with van der Waals surface area (Å²) in [7, 11) is 0. The fourth-order valence-corrected chi connectivity index (χ4v) is 1.81. The van der Waals surface area contributed by atoms with Crippen molar-refractivity contribution in [2.24, 2.45) is 5.92 Å². The average Bonchev–Trinajstić information content (AvgIpc) is 2.80. The van der Waals surface area contributed by atoms with Crippen LogP contribution in [0.2, 0.25) is 0 Å². The molecule has 1 aliphatic heterocycles. The first-order chi connectivity index (χ1) is 7.38. The van der Waals surface area contributed by atoms with Gasteiger partial charge in [-0.3, -0.25) is 0 Å². The minimum Gasteiger partial charge on any atom is -0.385 e. The van der Waals surface area contributed by atoms with Crippen molar-refractivity contribution in [3.8, 4) is 6.07 Å². The molecule has 2 N–H and O–H groups in total. The summed E-state index contributed by atoms with van der Waals surface area (Å²) in [5.41, 5.74) is 1.81. The van der Waals surface area contributed by atoms with Crippen molar-refractivity contribution >= 4 is 5.69 Å². The molecule has 1 heterocycles. The monoisotopic (exact) mass is 201 g/mol. The maximum atomic E-state index is 8.65. The molecule has 1 unspecified atom stereocenters. The van der Waals surface area contributed by atoms with E-state index in [4.69, 9.17) is 5.26 Å². The van der Waals surface area contributed by atoms with E-state index in [0.29, 0.717) is 5.56 Å². The lowest BCUT2D eigenvalue weighted by molar-refractivity contribution is 0.615. The molecule has 0 aromatic heterocycles. The van der Waals surface area contributed by atoms with Crippen molar-refractivity contribution < 1.29 is 0 Å². The lowest BCUT2D eigenvalue weighted by Crippen LogP contribution is -2.17. The highest BCUT2D eigenvalue weighted by atomic mass is 14.9. The summed E-state index contributed by atoms with van der Waals surface area (Å²) in [5, 5.41) is 15.4. The summed E-state index contributed by atoms with van der Waals surface area (Å²) < 4.78 is 0. The number of nitrogens with one attached hydrogen (secondary N) is 2. The first-order valence-electron chi connectivity index (χ1n) is 5.33. The molecule has 0 saturated carbocycles. The molecule has 1 atom stereocenters. The summed E-state index contributed by atoms with van der Waals surface area (Å²) in [6, 6.07) is 9.72. The molecular weight excluding hydrogens is 186 g/mol. The topological polar surface area (TPSA) is 47.9 Å². The minimum atomic E-state index is 0.711. The summed E-state index contributed by atoms with van der Waals surface area (Å²) in [5.74, 6) is 0.737. The van der Waals surface area contributed by atoms with Gasteiger partial charge in [0.1, 0.15) is 0 Å². The summed E-state index contributed by atoms with van der Waals surface area (Å²) in [6.45, 7) is 3.27. The van der Waals surface area contributed by atoms with Crippen molar-refractivity contribution in [1.29, 1.82) is 5.26 Å². The Hall–Kier alpha value is -1.53. The number of anilines is 1. The Balaban J connectivity index is 1.85. The molecule has 78 valence electrons. The zero-order valence-corrected chi connectivity index (χ0v) is 8.66. The Kier molecular flexibility index (Phi) is 3.21. The smallest absolute Gasteiger partial charge is 0.0991 e. The van der Waals surface area contributed by atoms with Crippen LogP contribution < -0.4 is 10.6 Å². The molecule has 3 nitrogen and oxygen atoms in total. The number of rotatable bonds is 3. The van der Waals surface area contributed by atoms with Crippen molar-refractivity contribution in [2.45, 2.75) is 6.42 Å². The highest BCUT2D eigenvalue weighted by molar-refractivity contribution is 5.47. The number of hydrogen-bond acceptors (Lipinski definition) is 3. The summed E-state index contributed by atoms with van der Waals surface area (Å²) in [6.07, 6.45) is 1.25. The number of nitrogens with zero attached hydrogens (tertiary/aromatic N) is 1. The summed E-state index contributed by atoms with van der Waals surface area (Å²) >= 11 is 0. The van der Waals surface area contributed by atoms with Gasteiger partial charge in [-0.2, -0.15) is 5.26 Å².